The van der Waals surface area contributed by atoms with Gasteiger partial charge in [-0.2, -0.15) is 0 Å². The number of rotatable bonds is 9. The summed E-state index contributed by atoms with van der Waals surface area (Å²) in [6, 6.07) is 5.04. The fourth-order valence-corrected chi connectivity index (χ4v) is 8.85. The average molecular weight is 726 g/mol. The minimum atomic E-state index is -3.90. The van der Waals surface area contributed by atoms with Crippen LogP contribution in [0.3, 0.4) is 0 Å². The summed E-state index contributed by atoms with van der Waals surface area (Å²) >= 11 is 0. The molecule has 3 fully saturated rings. The lowest BCUT2D eigenvalue weighted by molar-refractivity contribution is -0.142. The summed E-state index contributed by atoms with van der Waals surface area (Å²) in [7, 11) is -3.90. The van der Waals surface area contributed by atoms with Crippen LogP contribution in [0.4, 0.5) is 4.79 Å². The monoisotopic (exact) mass is 725 g/mol. The van der Waals surface area contributed by atoms with Crippen LogP contribution in [-0.4, -0.2) is 89.4 Å². The van der Waals surface area contributed by atoms with E-state index in [1.54, 1.807) is 12.3 Å². The lowest BCUT2D eigenvalue weighted by atomic mass is 9.85. The second-order valence-corrected chi connectivity index (χ2v) is 16.3. The summed E-state index contributed by atoms with van der Waals surface area (Å²) in [6.45, 7) is 6.31. The SMILES string of the molecule is CCOc1ccc2c(O[C@@H]3C[C@H]4C(=O)N[C@]5(C(=O)NS(=O)(=O)C6CC6)C[C@H]5C=CCC[C@@H](C)C[C@@H](CC)[C@H](NC(=O)O)C(=O)N4C3)nccc2c1. The van der Waals surface area contributed by atoms with Crippen molar-refractivity contribution in [1.82, 2.24) is 25.2 Å². The second kappa shape index (κ2) is 14.7. The van der Waals surface area contributed by atoms with Crippen molar-refractivity contribution in [3.05, 3.63) is 42.6 Å². The predicted molar refractivity (Wildman–Crippen MR) is 187 cm³/mol. The first-order valence-corrected chi connectivity index (χ1v) is 19.4. The molecule has 276 valence electrons. The molecule has 0 spiro atoms. The Balaban J connectivity index is 1.34. The quantitative estimate of drug-likeness (QED) is 0.278. The third kappa shape index (κ3) is 7.92. The van der Waals surface area contributed by atoms with Crippen molar-refractivity contribution in [2.24, 2.45) is 17.8 Å². The lowest BCUT2D eigenvalue weighted by Gasteiger charge is -2.33. The number of pyridine rings is 1. The number of nitrogens with zero attached hydrogens (tertiary/aromatic N) is 2. The number of hydrogen-bond donors (Lipinski definition) is 4. The van der Waals surface area contributed by atoms with Gasteiger partial charge in [0, 0.05) is 23.9 Å². The number of hydrogen-bond acceptors (Lipinski definition) is 9. The highest BCUT2D eigenvalue weighted by molar-refractivity contribution is 7.91. The van der Waals surface area contributed by atoms with Gasteiger partial charge in [0.2, 0.25) is 27.7 Å². The van der Waals surface area contributed by atoms with Crippen LogP contribution in [0.1, 0.15) is 72.1 Å². The molecule has 0 radical (unpaired) electrons. The smallest absolute Gasteiger partial charge is 0.405 e. The summed E-state index contributed by atoms with van der Waals surface area (Å²) < 4.78 is 39.8. The number of carbonyl (C=O) groups is 4. The minimum Gasteiger partial charge on any atom is -0.494 e. The van der Waals surface area contributed by atoms with E-state index >= 15 is 0 Å². The summed E-state index contributed by atoms with van der Waals surface area (Å²) in [5, 5.41) is 16.0. The summed E-state index contributed by atoms with van der Waals surface area (Å²) in [4.78, 5) is 60.3. The van der Waals surface area contributed by atoms with Gasteiger partial charge >= 0.3 is 6.09 Å². The Morgan fingerprint density at radius 3 is 2.63 bits per heavy atom. The number of sulfonamides is 1. The van der Waals surface area contributed by atoms with Gasteiger partial charge in [0.15, 0.2) is 0 Å². The predicted octanol–water partition coefficient (Wildman–Crippen LogP) is 3.50. The number of aromatic nitrogens is 1. The molecule has 2 aromatic rings. The topological polar surface area (TPSA) is 193 Å². The number of nitrogens with one attached hydrogen (secondary N) is 3. The van der Waals surface area contributed by atoms with Gasteiger partial charge in [0.1, 0.15) is 29.5 Å². The molecule has 2 saturated carbocycles. The summed E-state index contributed by atoms with van der Waals surface area (Å²) in [5.74, 6) is -1.70. The van der Waals surface area contributed by atoms with Crippen molar-refractivity contribution >= 4 is 44.6 Å². The number of benzene rings is 1. The van der Waals surface area contributed by atoms with Gasteiger partial charge in [-0.15, -0.1) is 0 Å². The van der Waals surface area contributed by atoms with Gasteiger partial charge in [-0.3, -0.25) is 19.1 Å². The van der Waals surface area contributed by atoms with Gasteiger partial charge < -0.3 is 30.1 Å². The van der Waals surface area contributed by atoms with Crippen LogP contribution in [0.5, 0.6) is 11.6 Å². The molecule has 4 N–H and O–H groups in total. The van der Waals surface area contributed by atoms with Crippen LogP contribution in [0.15, 0.2) is 42.6 Å². The van der Waals surface area contributed by atoms with Crippen LogP contribution in [0.25, 0.3) is 10.8 Å². The number of carbonyl (C=O) groups excluding carboxylic acids is 3. The number of fused-ring (bicyclic) bond motifs is 3. The van der Waals surface area contributed by atoms with Gasteiger partial charge in [0.05, 0.1) is 18.4 Å². The molecule has 3 heterocycles. The molecule has 0 unspecified atom stereocenters. The highest BCUT2D eigenvalue weighted by Gasteiger charge is 2.62. The number of ether oxygens (including phenoxy) is 2. The van der Waals surface area contributed by atoms with E-state index in [1.165, 1.54) is 4.90 Å². The van der Waals surface area contributed by atoms with Gasteiger partial charge in [-0.25, -0.2) is 18.2 Å². The van der Waals surface area contributed by atoms with Crippen LogP contribution in [-0.2, 0) is 24.4 Å². The van der Waals surface area contributed by atoms with E-state index in [9.17, 15) is 32.7 Å². The Kier molecular flexibility index (Phi) is 10.5. The average Bonchev–Trinajstić information content (AvgIpc) is 4.01. The highest BCUT2D eigenvalue weighted by Crippen LogP contribution is 2.46. The van der Waals surface area contributed by atoms with Crippen LogP contribution < -0.4 is 24.8 Å². The molecule has 4 aliphatic rings. The highest BCUT2D eigenvalue weighted by atomic mass is 32.2. The molecule has 2 aliphatic heterocycles. The Hall–Kier alpha value is -4.40. The van der Waals surface area contributed by atoms with Gasteiger partial charge in [-0.1, -0.05) is 32.4 Å². The number of allylic oxidation sites excluding steroid dienone is 1. The molecule has 15 heteroatoms. The van der Waals surface area contributed by atoms with E-state index in [4.69, 9.17) is 9.47 Å². The standard InChI is InChI=1S/C36H47N5O9S/c1-4-22-16-21(3)8-6-7-9-24-19-36(24,34(44)40-51(47,48)27-11-12-27)39-31(42)29-18-26(20-41(29)33(43)30(22)38-35(45)46)50-32-28-13-10-25(49-5-2)17-23(28)14-15-37-32/h7,9-10,13-15,17,21-22,24,26-27,29-30,38H,4-6,8,11-12,16,18-20H2,1-3H3,(H,39,42)(H,40,44)(H,45,46)/t21-,22-,24-,26-,29+,30+,36-/m1/s1. The van der Waals surface area contributed by atoms with E-state index < -0.39 is 68.7 Å². The molecule has 2 aliphatic carbocycles. The van der Waals surface area contributed by atoms with E-state index in [0.717, 1.165) is 11.8 Å². The molecule has 6 rings (SSSR count). The summed E-state index contributed by atoms with van der Waals surface area (Å²) in [5.41, 5.74) is -1.52. The maximum Gasteiger partial charge on any atom is 0.405 e. The van der Waals surface area contributed by atoms with E-state index in [-0.39, 0.29) is 31.2 Å². The van der Waals surface area contributed by atoms with Gasteiger partial charge in [0.25, 0.3) is 5.91 Å². The van der Waals surface area contributed by atoms with Crippen molar-refractivity contribution in [3.63, 3.8) is 0 Å². The molecule has 7 atom stereocenters. The first-order valence-electron chi connectivity index (χ1n) is 17.9. The Morgan fingerprint density at radius 1 is 1.14 bits per heavy atom. The first-order chi connectivity index (χ1) is 24.3. The summed E-state index contributed by atoms with van der Waals surface area (Å²) in [6.07, 6.45) is 6.98. The van der Waals surface area contributed by atoms with E-state index in [0.29, 0.717) is 55.7 Å². The molecular weight excluding hydrogens is 678 g/mol. The van der Waals surface area contributed by atoms with Crippen LogP contribution in [0, 0.1) is 17.8 Å². The largest absolute Gasteiger partial charge is 0.494 e. The number of carboxylic acid groups (broad SMARTS) is 1. The fourth-order valence-electron chi connectivity index (χ4n) is 7.49. The third-order valence-corrected chi connectivity index (χ3v) is 12.4. The van der Waals surface area contributed by atoms with Gasteiger partial charge in [-0.05, 0) is 86.9 Å². The molecule has 0 bridgehead atoms. The third-order valence-electron chi connectivity index (χ3n) is 10.5. The molecular formula is C36H47N5O9S. The second-order valence-electron chi connectivity index (χ2n) is 14.3. The normalized spacial score (nSPS) is 29.9. The van der Waals surface area contributed by atoms with Crippen molar-refractivity contribution in [1.29, 1.82) is 0 Å². The first kappa shape index (κ1) is 36.4. The van der Waals surface area contributed by atoms with Crippen molar-refractivity contribution in [3.8, 4) is 11.6 Å². The van der Waals surface area contributed by atoms with Crippen molar-refractivity contribution in [2.45, 2.75) is 101 Å². The van der Waals surface area contributed by atoms with E-state index in [1.807, 2.05) is 44.2 Å². The van der Waals surface area contributed by atoms with E-state index in [2.05, 4.69) is 27.3 Å². The minimum absolute atomic E-state index is 0.0260. The van der Waals surface area contributed by atoms with Crippen LogP contribution >= 0.6 is 0 Å². The Morgan fingerprint density at radius 2 is 1.92 bits per heavy atom. The van der Waals surface area contributed by atoms with Crippen LogP contribution in [0.2, 0.25) is 0 Å². The zero-order chi connectivity index (χ0) is 36.5. The molecule has 51 heavy (non-hydrogen) atoms. The fraction of sp³-hybridized carbons (Fsp3) is 0.583. The van der Waals surface area contributed by atoms with Crippen molar-refractivity contribution < 1.29 is 42.2 Å². The Labute approximate surface area is 297 Å². The lowest BCUT2D eigenvalue weighted by Crippen LogP contribution is -2.59. The molecule has 14 nitrogen and oxygen atoms in total. The molecule has 1 saturated heterocycles. The molecule has 4 amide bonds. The molecule has 1 aromatic heterocycles. The van der Waals surface area contributed by atoms with Crippen molar-refractivity contribution in [2.75, 3.05) is 13.2 Å². The molecule has 1 aromatic carbocycles. The maximum absolute atomic E-state index is 14.5. The maximum atomic E-state index is 14.5. The zero-order valence-corrected chi connectivity index (χ0v) is 30.0. The number of amides is 4. The Bertz CT molecular complexity index is 1810. The zero-order valence-electron chi connectivity index (χ0n) is 29.2.